The molecule has 0 bridgehead atoms. The average molecular weight is 455 g/mol. The summed E-state index contributed by atoms with van der Waals surface area (Å²) in [6, 6.07) is 44.4. The van der Waals surface area contributed by atoms with E-state index in [1.54, 1.807) is 0 Å². The first-order valence-electron chi connectivity index (χ1n) is 11.3. The van der Waals surface area contributed by atoms with Crippen LogP contribution in [0.1, 0.15) is 0 Å². The quantitative estimate of drug-likeness (QED) is 0.219. The fraction of sp³-hybridized carbons (Fsp3) is 0. The van der Waals surface area contributed by atoms with Gasteiger partial charge in [-0.05, 0) is 28.6 Å². The number of aromatic nitrogens is 1. The monoisotopic (exact) mass is 455 g/mol. The summed E-state index contributed by atoms with van der Waals surface area (Å²) in [6.07, 6.45) is 0. The maximum absolute atomic E-state index is 15.3. The molecule has 3 heteroatoms. The third-order valence-electron chi connectivity index (χ3n) is 6.33. The molecule has 0 amide bonds. The van der Waals surface area contributed by atoms with Crippen molar-refractivity contribution >= 4 is 44.9 Å². The summed E-state index contributed by atoms with van der Waals surface area (Å²) in [5.41, 5.74) is 3.69. The fourth-order valence-corrected chi connectivity index (χ4v) is 7.40. The van der Waals surface area contributed by atoms with Gasteiger partial charge in [-0.2, -0.15) is 0 Å². The van der Waals surface area contributed by atoms with Crippen LogP contribution in [0.4, 0.5) is 0 Å². The first-order valence-corrected chi connectivity index (χ1v) is 13.1. The van der Waals surface area contributed by atoms with Crippen molar-refractivity contribution in [3.8, 4) is 11.1 Å². The number of hydrogen-bond donors (Lipinski definition) is 0. The largest absolute Gasteiger partial charge is 0.307 e. The van der Waals surface area contributed by atoms with E-state index in [0.717, 1.165) is 43.4 Å². The molecule has 1 aromatic heterocycles. The molecule has 0 spiro atoms. The zero-order chi connectivity index (χ0) is 23.0. The van der Waals surface area contributed by atoms with Crippen LogP contribution in [-0.4, -0.2) is 4.98 Å². The van der Waals surface area contributed by atoms with Crippen molar-refractivity contribution in [1.82, 2.24) is 4.98 Å². The lowest BCUT2D eigenvalue weighted by atomic mass is 10.00. The molecule has 0 aliphatic rings. The molecule has 34 heavy (non-hydrogen) atoms. The zero-order valence-electron chi connectivity index (χ0n) is 18.5. The average Bonchev–Trinajstić information content (AvgIpc) is 2.93. The Morgan fingerprint density at radius 2 is 1.03 bits per heavy atom. The first-order chi connectivity index (χ1) is 16.7. The molecule has 2 nitrogen and oxygen atoms in total. The predicted octanol–water partition coefficient (Wildman–Crippen LogP) is 6.69. The van der Waals surface area contributed by atoms with Gasteiger partial charge in [-0.1, -0.05) is 121 Å². The fourth-order valence-electron chi connectivity index (χ4n) is 4.66. The zero-order valence-corrected chi connectivity index (χ0v) is 19.4. The Bertz CT molecular complexity index is 1620. The lowest BCUT2D eigenvalue weighted by molar-refractivity contribution is 0.592. The second-order valence-electron chi connectivity index (χ2n) is 8.36. The molecule has 0 unspecified atom stereocenters. The predicted molar refractivity (Wildman–Crippen MR) is 144 cm³/mol. The van der Waals surface area contributed by atoms with Gasteiger partial charge in [0.15, 0.2) is 7.14 Å². The summed E-state index contributed by atoms with van der Waals surface area (Å²) < 4.78 is 15.3. The number of hydrogen-bond acceptors (Lipinski definition) is 2. The van der Waals surface area contributed by atoms with Gasteiger partial charge in [0.1, 0.15) is 5.44 Å². The number of fused-ring (bicyclic) bond motifs is 3. The molecule has 1 heterocycles. The highest BCUT2D eigenvalue weighted by molar-refractivity contribution is 7.85. The van der Waals surface area contributed by atoms with Crippen LogP contribution in [0.5, 0.6) is 0 Å². The molecule has 0 fully saturated rings. The number of benzene rings is 5. The van der Waals surface area contributed by atoms with E-state index in [1.165, 1.54) is 0 Å². The van der Waals surface area contributed by atoms with E-state index in [-0.39, 0.29) is 0 Å². The second kappa shape index (κ2) is 8.41. The number of rotatable bonds is 4. The van der Waals surface area contributed by atoms with Gasteiger partial charge in [-0.3, -0.25) is 0 Å². The Morgan fingerprint density at radius 3 is 1.68 bits per heavy atom. The summed E-state index contributed by atoms with van der Waals surface area (Å²) in [4.78, 5) is 5.10. The smallest absolute Gasteiger partial charge is 0.189 e. The maximum Gasteiger partial charge on any atom is 0.189 e. The van der Waals surface area contributed by atoms with E-state index in [4.69, 9.17) is 4.98 Å². The third kappa shape index (κ3) is 3.36. The molecule has 0 aliphatic carbocycles. The molecular formula is C31H22NOP. The molecule has 0 saturated heterocycles. The highest BCUT2D eigenvalue weighted by Crippen LogP contribution is 2.45. The summed E-state index contributed by atoms with van der Waals surface area (Å²) in [5.74, 6) is 0. The van der Waals surface area contributed by atoms with Gasteiger partial charge < -0.3 is 4.57 Å². The van der Waals surface area contributed by atoms with Crippen LogP contribution in [0, 0.1) is 0 Å². The van der Waals surface area contributed by atoms with Gasteiger partial charge in [0.2, 0.25) is 0 Å². The lowest BCUT2D eigenvalue weighted by Gasteiger charge is -2.22. The molecule has 0 saturated carbocycles. The van der Waals surface area contributed by atoms with Gasteiger partial charge in [0.25, 0.3) is 0 Å². The van der Waals surface area contributed by atoms with Gasteiger partial charge in [-0.15, -0.1) is 0 Å². The van der Waals surface area contributed by atoms with Gasteiger partial charge in [-0.25, -0.2) is 4.98 Å². The van der Waals surface area contributed by atoms with Gasteiger partial charge in [0.05, 0.1) is 5.52 Å². The van der Waals surface area contributed by atoms with Crippen LogP contribution < -0.4 is 16.0 Å². The molecule has 162 valence electrons. The molecule has 6 rings (SSSR count). The van der Waals surface area contributed by atoms with Gasteiger partial charge in [0, 0.05) is 21.4 Å². The molecule has 0 radical (unpaired) electrons. The minimum Gasteiger partial charge on any atom is -0.307 e. The van der Waals surface area contributed by atoms with Crippen molar-refractivity contribution in [2.24, 2.45) is 0 Å². The summed E-state index contributed by atoms with van der Waals surface area (Å²) in [6.45, 7) is 0. The van der Waals surface area contributed by atoms with Crippen LogP contribution >= 0.6 is 7.14 Å². The van der Waals surface area contributed by atoms with Crippen molar-refractivity contribution < 1.29 is 4.57 Å². The van der Waals surface area contributed by atoms with Gasteiger partial charge >= 0.3 is 0 Å². The van der Waals surface area contributed by atoms with Crippen LogP contribution in [0.25, 0.3) is 32.8 Å². The number of para-hydroxylation sites is 1. The van der Waals surface area contributed by atoms with Crippen molar-refractivity contribution in [2.45, 2.75) is 0 Å². The first kappa shape index (κ1) is 20.6. The Labute approximate surface area is 198 Å². The minimum atomic E-state index is -3.25. The normalized spacial score (nSPS) is 11.6. The highest BCUT2D eigenvalue weighted by Gasteiger charge is 2.33. The van der Waals surface area contributed by atoms with E-state index in [2.05, 4.69) is 36.4 Å². The molecular weight excluding hydrogens is 433 g/mol. The molecule has 0 N–H and O–H groups in total. The van der Waals surface area contributed by atoms with Crippen molar-refractivity contribution in [3.05, 3.63) is 133 Å². The van der Waals surface area contributed by atoms with Crippen molar-refractivity contribution in [2.75, 3.05) is 0 Å². The SMILES string of the molecule is O=P(c1ccccc1)(c1ccccc1)c1nc2ccccc2c2ccc(-c3ccccc3)cc12. The molecule has 6 aromatic rings. The van der Waals surface area contributed by atoms with Crippen LogP contribution in [-0.2, 0) is 4.57 Å². The lowest BCUT2D eigenvalue weighted by Crippen LogP contribution is -2.27. The topological polar surface area (TPSA) is 30.0 Å². The van der Waals surface area contributed by atoms with Crippen LogP contribution in [0.15, 0.2) is 133 Å². The Balaban J connectivity index is 1.76. The van der Waals surface area contributed by atoms with Crippen molar-refractivity contribution in [1.29, 1.82) is 0 Å². The Hall–Kier alpha value is -4.00. The second-order valence-corrected chi connectivity index (χ2v) is 11.0. The Kier molecular flexibility index (Phi) is 5.09. The summed E-state index contributed by atoms with van der Waals surface area (Å²) in [7, 11) is -3.25. The number of pyridine rings is 1. The summed E-state index contributed by atoms with van der Waals surface area (Å²) in [5, 5.41) is 4.63. The number of nitrogens with zero attached hydrogens (tertiary/aromatic N) is 1. The van der Waals surface area contributed by atoms with E-state index in [1.807, 2.05) is 97.1 Å². The molecule has 0 atom stereocenters. The van der Waals surface area contributed by atoms with E-state index >= 15 is 4.57 Å². The maximum atomic E-state index is 15.3. The third-order valence-corrected chi connectivity index (χ3v) is 9.31. The standard InChI is InChI=1S/C31H22NOP/c33-34(25-14-6-2-7-15-25,26-16-8-3-9-17-26)31-29-22-24(23-12-4-1-5-13-23)20-21-27(29)28-18-10-11-19-30(28)32-31/h1-22H. The molecule has 5 aromatic carbocycles. The van der Waals surface area contributed by atoms with Crippen molar-refractivity contribution in [3.63, 3.8) is 0 Å². The Morgan fingerprint density at radius 1 is 0.471 bits per heavy atom. The van der Waals surface area contributed by atoms with E-state index in [0.29, 0.717) is 5.44 Å². The van der Waals surface area contributed by atoms with E-state index in [9.17, 15) is 0 Å². The highest BCUT2D eigenvalue weighted by atomic mass is 31.2. The summed E-state index contributed by atoms with van der Waals surface area (Å²) >= 11 is 0. The molecule has 0 aliphatic heterocycles. The van der Waals surface area contributed by atoms with Crippen LogP contribution in [0.3, 0.4) is 0 Å². The van der Waals surface area contributed by atoms with Crippen LogP contribution in [0.2, 0.25) is 0 Å². The van der Waals surface area contributed by atoms with E-state index < -0.39 is 7.14 Å². The minimum absolute atomic E-state index is 0.636.